The lowest BCUT2D eigenvalue weighted by molar-refractivity contribution is -0.132. The standard InChI is InChI=1S/C14H26N2O/c1-5-6-12-14(17)16(11(4)15-12)13-8-7-9(2)10(13)3/h9-13,15H,5-8H2,1-4H3. The minimum atomic E-state index is 0.0677. The SMILES string of the molecule is CCCC1NC(C)N(C2CCC(C)C2C)C1=O. The zero-order chi connectivity index (χ0) is 12.6. The number of carbonyl (C=O) groups excluding carboxylic acids is 1. The maximum atomic E-state index is 12.4. The first kappa shape index (κ1) is 12.9. The second-order valence-corrected chi connectivity index (χ2v) is 5.91. The van der Waals surface area contributed by atoms with Crippen molar-refractivity contribution >= 4 is 5.91 Å². The Balaban J connectivity index is 2.08. The Morgan fingerprint density at radius 3 is 2.53 bits per heavy atom. The molecule has 3 heteroatoms. The van der Waals surface area contributed by atoms with E-state index in [4.69, 9.17) is 0 Å². The van der Waals surface area contributed by atoms with Gasteiger partial charge in [-0.25, -0.2) is 0 Å². The van der Waals surface area contributed by atoms with Crippen LogP contribution in [0, 0.1) is 11.8 Å². The Morgan fingerprint density at radius 2 is 2.00 bits per heavy atom. The van der Waals surface area contributed by atoms with Crippen molar-refractivity contribution in [2.24, 2.45) is 11.8 Å². The van der Waals surface area contributed by atoms with Crippen molar-refractivity contribution < 1.29 is 4.79 Å². The zero-order valence-corrected chi connectivity index (χ0v) is 11.6. The molecule has 0 aromatic heterocycles. The van der Waals surface area contributed by atoms with Gasteiger partial charge in [-0.15, -0.1) is 0 Å². The smallest absolute Gasteiger partial charge is 0.241 e. The number of rotatable bonds is 3. The van der Waals surface area contributed by atoms with Gasteiger partial charge in [-0.2, -0.15) is 0 Å². The molecular formula is C14H26N2O. The highest BCUT2D eigenvalue weighted by atomic mass is 16.2. The Morgan fingerprint density at radius 1 is 1.29 bits per heavy atom. The lowest BCUT2D eigenvalue weighted by Crippen LogP contribution is -2.44. The molecular weight excluding hydrogens is 212 g/mol. The van der Waals surface area contributed by atoms with Crippen LogP contribution in [0.15, 0.2) is 0 Å². The molecule has 0 spiro atoms. The molecule has 5 atom stereocenters. The largest absolute Gasteiger partial charge is 0.323 e. The molecule has 3 nitrogen and oxygen atoms in total. The highest BCUT2D eigenvalue weighted by molar-refractivity contribution is 5.84. The van der Waals surface area contributed by atoms with E-state index in [9.17, 15) is 4.79 Å². The minimum absolute atomic E-state index is 0.0677. The van der Waals surface area contributed by atoms with Crippen LogP contribution in [-0.4, -0.2) is 29.1 Å². The number of amides is 1. The van der Waals surface area contributed by atoms with Gasteiger partial charge in [0, 0.05) is 6.04 Å². The summed E-state index contributed by atoms with van der Waals surface area (Å²) in [6.07, 6.45) is 4.70. The number of carbonyl (C=O) groups is 1. The molecule has 0 aromatic rings. The van der Waals surface area contributed by atoms with Gasteiger partial charge in [-0.1, -0.05) is 27.2 Å². The van der Waals surface area contributed by atoms with Crippen LogP contribution in [0.3, 0.4) is 0 Å². The van der Waals surface area contributed by atoms with E-state index < -0.39 is 0 Å². The van der Waals surface area contributed by atoms with Crippen molar-refractivity contribution in [3.8, 4) is 0 Å². The molecule has 1 aliphatic carbocycles. The average molecular weight is 238 g/mol. The number of hydrogen-bond donors (Lipinski definition) is 1. The Labute approximate surface area is 105 Å². The number of nitrogens with one attached hydrogen (secondary N) is 1. The quantitative estimate of drug-likeness (QED) is 0.818. The molecule has 2 rings (SSSR count). The topological polar surface area (TPSA) is 32.3 Å². The summed E-state index contributed by atoms with van der Waals surface area (Å²) < 4.78 is 0. The molecule has 1 heterocycles. The van der Waals surface area contributed by atoms with E-state index in [2.05, 4.69) is 37.9 Å². The molecule has 5 unspecified atom stereocenters. The van der Waals surface area contributed by atoms with Crippen LogP contribution in [0.5, 0.6) is 0 Å². The highest BCUT2D eigenvalue weighted by Gasteiger charge is 2.44. The van der Waals surface area contributed by atoms with Gasteiger partial charge >= 0.3 is 0 Å². The van der Waals surface area contributed by atoms with Gasteiger partial charge in [0.05, 0.1) is 12.2 Å². The van der Waals surface area contributed by atoms with E-state index in [0.29, 0.717) is 17.9 Å². The Kier molecular flexibility index (Phi) is 3.76. The molecule has 0 bridgehead atoms. The van der Waals surface area contributed by atoms with E-state index in [1.54, 1.807) is 0 Å². The van der Waals surface area contributed by atoms with Crippen LogP contribution in [-0.2, 0) is 4.79 Å². The summed E-state index contributed by atoms with van der Waals surface area (Å²) in [4.78, 5) is 14.5. The normalized spacial score (nSPS) is 42.5. The average Bonchev–Trinajstić information content (AvgIpc) is 2.73. The lowest BCUT2D eigenvalue weighted by Gasteiger charge is -2.32. The predicted octanol–water partition coefficient (Wildman–Crippen LogP) is 2.37. The van der Waals surface area contributed by atoms with Crippen molar-refractivity contribution in [2.45, 2.75) is 71.6 Å². The first-order chi connectivity index (χ1) is 8.06. The third kappa shape index (κ3) is 2.22. The van der Waals surface area contributed by atoms with Crippen LogP contribution in [0.1, 0.15) is 53.4 Å². The third-order valence-corrected chi connectivity index (χ3v) is 4.77. The molecule has 2 aliphatic rings. The summed E-state index contributed by atoms with van der Waals surface area (Å²) >= 11 is 0. The molecule has 1 saturated heterocycles. The number of nitrogens with zero attached hydrogens (tertiary/aromatic N) is 1. The van der Waals surface area contributed by atoms with Crippen molar-refractivity contribution in [1.29, 1.82) is 0 Å². The third-order valence-electron chi connectivity index (χ3n) is 4.77. The highest BCUT2D eigenvalue weighted by Crippen LogP contribution is 2.37. The second kappa shape index (κ2) is 4.97. The molecule has 1 N–H and O–H groups in total. The van der Waals surface area contributed by atoms with Crippen molar-refractivity contribution in [3.05, 3.63) is 0 Å². The molecule has 17 heavy (non-hydrogen) atoms. The first-order valence-corrected chi connectivity index (χ1v) is 7.14. The molecule has 2 fully saturated rings. The molecule has 0 aromatic carbocycles. The van der Waals surface area contributed by atoms with Gasteiger partial charge in [0.15, 0.2) is 0 Å². The fourth-order valence-electron chi connectivity index (χ4n) is 3.49. The fourth-order valence-corrected chi connectivity index (χ4v) is 3.49. The van der Waals surface area contributed by atoms with Crippen LogP contribution >= 0.6 is 0 Å². The first-order valence-electron chi connectivity index (χ1n) is 7.14. The molecule has 98 valence electrons. The summed E-state index contributed by atoms with van der Waals surface area (Å²) in [5.74, 6) is 1.74. The maximum Gasteiger partial charge on any atom is 0.241 e. The van der Waals surface area contributed by atoms with E-state index in [0.717, 1.165) is 18.8 Å². The monoisotopic (exact) mass is 238 g/mol. The van der Waals surface area contributed by atoms with E-state index >= 15 is 0 Å². The van der Waals surface area contributed by atoms with E-state index in [1.165, 1.54) is 12.8 Å². The van der Waals surface area contributed by atoms with E-state index in [1.807, 2.05) is 0 Å². The van der Waals surface area contributed by atoms with Crippen molar-refractivity contribution in [2.75, 3.05) is 0 Å². The maximum absolute atomic E-state index is 12.4. The van der Waals surface area contributed by atoms with Gasteiger partial charge in [0.2, 0.25) is 5.91 Å². The Hall–Kier alpha value is -0.570. The zero-order valence-electron chi connectivity index (χ0n) is 11.6. The molecule has 1 aliphatic heterocycles. The summed E-state index contributed by atoms with van der Waals surface area (Å²) in [5, 5.41) is 3.44. The summed E-state index contributed by atoms with van der Waals surface area (Å²) in [7, 11) is 0. The van der Waals surface area contributed by atoms with Crippen LogP contribution in [0.4, 0.5) is 0 Å². The van der Waals surface area contributed by atoms with Gasteiger partial charge in [0.25, 0.3) is 0 Å². The predicted molar refractivity (Wildman–Crippen MR) is 69.5 cm³/mol. The molecule has 1 saturated carbocycles. The van der Waals surface area contributed by atoms with Crippen LogP contribution in [0.2, 0.25) is 0 Å². The van der Waals surface area contributed by atoms with E-state index in [-0.39, 0.29) is 12.2 Å². The fraction of sp³-hybridized carbons (Fsp3) is 0.929. The molecule has 1 amide bonds. The van der Waals surface area contributed by atoms with Gasteiger partial charge < -0.3 is 4.90 Å². The summed E-state index contributed by atoms with van der Waals surface area (Å²) in [6.45, 7) is 8.88. The van der Waals surface area contributed by atoms with Crippen LogP contribution in [0.25, 0.3) is 0 Å². The Bertz CT molecular complexity index is 292. The molecule has 0 radical (unpaired) electrons. The van der Waals surface area contributed by atoms with Crippen molar-refractivity contribution in [3.63, 3.8) is 0 Å². The lowest BCUT2D eigenvalue weighted by atomic mass is 9.96. The number of hydrogen-bond acceptors (Lipinski definition) is 2. The minimum Gasteiger partial charge on any atom is -0.323 e. The van der Waals surface area contributed by atoms with Gasteiger partial charge in [-0.05, 0) is 38.0 Å². The summed E-state index contributed by atoms with van der Waals surface area (Å²) in [5.41, 5.74) is 0. The second-order valence-electron chi connectivity index (χ2n) is 5.91. The summed E-state index contributed by atoms with van der Waals surface area (Å²) in [6, 6.07) is 0.528. The van der Waals surface area contributed by atoms with Gasteiger partial charge in [0.1, 0.15) is 0 Å². The van der Waals surface area contributed by atoms with Crippen molar-refractivity contribution in [1.82, 2.24) is 10.2 Å². The van der Waals surface area contributed by atoms with Crippen LogP contribution < -0.4 is 5.32 Å². The van der Waals surface area contributed by atoms with Gasteiger partial charge in [-0.3, -0.25) is 10.1 Å².